The van der Waals surface area contributed by atoms with Crippen LogP contribution < -0.4 is 5.32 Å². The molecule has 0 saturated carbocycles. The maximum atomic E-state index is 13.6. The van der Waals surface area contributed by atoms with Gasteiger partial charge in [-0.3, -0.25) is 0 Å². The lowest BCUT2D eigenvalue weighted by atomic mass is 10.1. The Kier molecular flexibility index (Phi) is 4.35. The number of benzene rings is 1. The lowest BCUT2D eigenvalue weighted by Crippen LogP contribution is -2.12. The molecule has 0 aliphatic heterocycles. The van der Waals surface area contributed by atoms with Gasteiger partial charge in [0, 0.05) is 10.5 Å². The molecule has 14 heavy (non-hydrogen) atoms. The van der Waals surface area contributed by atoms with Crippen molar-refractivity contribution in [1.82, 2.24) is 5.32 Å². The number of hydrogen-bond acceptors (Lipinski definition) is 2. The van der Waals surface area contributed by atoms with Gasteiger partial charge in [-0.1, -0.05) is 0 Å². The zero-order valence-corrected chi connectivity index (χ0v) is 9.05. The lowest BCUT2D eigenvalue weighted by Gasteiger charge is -2.07. The van der Waals surface area contributed by atoms with Crippen molar-refractivity contribution in [2.24, 2.45) is 0 Å². The van der Waals surface area contributed by atoms with Crippen LogP contribution in [0.5, 0.6) is 0 Å². The van der Waals surface area contributed by atoms with Gasteiger partial charge in [0.15, 0.2) is 0 Å². The van der Waals surface area contributed by atoms with Crippen molar-refractivity contribution in [3.63, 3.8) is 0 Å². The van der Waals surface area contributed by atoms with Crippen molar-refractivity contribution < 1.29 is 8.78 Å². The van der Waals surface area contributed by atoms with Crippen LogP contribution in [0, 0.1) is 11.6 Å². The maximum absolute atomic E-state index is 13.6. The second-order valence-corrected chi connectivity index (χ2v) is 3.74. The Balaban J connectivity index is 2.99. The molecule has 1 nitrogen and oxygen atoms in total. The standard InChI is InChI=1S/C10H13F2NS/c1-13-6-5-7-8(11)3-4-9(14-2)10(7)12/h3-4,13H,5-6H2,1-2H3. The molecule has 0 saturated heterocycles. The van der Waals surface area contributed by atoms with Crippen LogP contribution in [0.25, 0.3) is 0 Å². The molecule has 0 amide bonds. The van der Waals surface area contributed by atoms with Crippen molar-refractivity contribution in [2.45, 2.75) is 11.3 Å². The molecule has 0 spiro atoms. The van der Waals surface area contributed by atoms with Gasteiger partial charge in [-0.2, -0.15) is 0 Å². The molecule has 1 N–H and O–H groups in total. The molecular weight excluding hydrogens is 204 g/mol. The molecule has 0 bridgehead atoms. The van der Waals surface area contributed by atoms with Crippen molar-refractivity contribution in [3.05, 3.63) is 29.3 Å². The molecule has 0 aromatic heterocycles. The third-order valence-electron chi connectivity index (χ3n) is 2.00. The van der Waals surface area contributed by atoms with Gasteiger partial charge in [0.25, 0.3) is 0 Å². The summed E-state index contributed by atoms with van der Waals surface area (Å²) < 4.78 is 26.8. The van der Waals surface area contributed by atoms with Crippen LogP contribution in [0.1, 0.15) is 5.56 Å². The molecule has 0 fully saturated rings. The minimum absolute atomic E-state index is 0.172. The van der Waals surface area contributed by atoms with Crippen LogP contribution >= 0.6 is 11.8 Å². The molecule has 1 rings (SSSR count). The average Bonchev–Trinajstić information content (AvgIpc) is 2.18. The number of hydrogen-bond donors (Lipinski definition) is 1. The number of likely N-dealkylation sites (N-methyl/N-ethyl adjacent to an activating group) is 1. The van der Waals surface area contributed by atoms with Crippen LogP contribution in [0.15, 0.2) is 17.0 Å². The molecule has 4 heteroatoms. The van der Waals surface area contributed by atoms with E-state index in [0.717, 1.165) is 0 Å². The van der Waals surface area contributed by atoms with Crippen LogP contribution in [0.2, 0.25) is 0 Å². The Morgan fingerprint density at radius 3 is 2.64 bits per heavy atom. The summed E-state index contributed by atoms with van der Waals surface area (Å²) in [5.74, 6) is -0.886. The van der Waals surface area contributed by atoms with E-state index in [4.69, 9.17) is 0 Å². The molecular formula is C10H13F2NS. The van der Waals surface area contributed by atoms with Crippen LogP contribution in [-0.4, -0.2) is 19.8 Å². The first-order valence-corrected chi connectivity index (χ1v) is 5.58. The third-order valence-corrected chi connectivity index (χ3v) is 2.75. The van der Waals surface area contributed by atoms with Crippen molar-refractivity contribution >= 4 is 11.8 Å². The first-order chi connectivity index (χ1) is 6.70. The van der Waals surface area contributed by atoms with Gasteiger partial charge in [-0.05, 0) is 38.4 Å². The summed E-state index contributed by atoms with van der Waals surface area (Å²) in [6.07, 6.45) is 2.15. The van der Waals surface area contributed by atoms with Gasteiger partial charge in [0.2, 0.25) is 0 Å². The second-order valence-electron chi connectivity index (χ2n) is 2.90. The smallest absolute Gasteiger partial charge is 0.142 e. The summed E-state index contributed by atoms with van der Waals surface area (Å²) in [7, 11) is 1.76. The summed E-state index contributed by atoms with van der Waals surface area (Å²) in [5, 5.41) is 2.87. The van der Waals surface area contributed by atoms with Crippen molar-refractivity contribution in [3.8, 4) is 0 Å². The molecule has 0 aliphatic carbocycles. The monoisotopic (exact) mass is 217 g/mol. The highest BCUT2D eigenvalue weighted by molar-refractivity contribution is 7.98. The van der Waals surface area contributed by atoms with E-state index in [2.05, 4.69) is 5.32 Å². The van der Waals surface area contributed by atoms with Gasteiger partial charge in [0.05, 0.1) is 0 Å². The van der Waals surface area contributed by atoms with Gasteiger partial charge in [-0.25, -0.2) is 8.78 Å². The SMILES string of the molecule is CNCCc1c(F)ccc(SC)c1F. The summed E-state index contributed by atoms with van der Waals surface area (Å²) >= 11 is 1.29. The number of thioether (sulfide) groups is 1. The Bertz CT molecular complexity index is 315. The van der Waals surface area contributed by atoms with Gasteiger partial charge < -0.3 is 5.32 Å². The normalized spacial score (nSPS) is 10.6. The molecule has 0 atom stereocenters. The van der Waals surface area contributed by atoms with Gasteiger partial charge in [0.1, 0.15) is 11.6 Å². The third kappa shape index (κ3) is 2.45. The summed E-state index contributed by atoms with van der Waals surface area (Å²) in [4.78, 5) is 0.498. The van der Waals surface area contributed by atoms with E-state index >= 15 is 0 Å². The maximum Gasteiger partial charge on any atom is 0.142 e. The Hall–Kier alpha value is -0.610. The van der Waals surface area contributed by atoms with Gasteiger partial charge >= 0.3 is 0 Å². The largest absolute Gasteiger partial charge is 0.319 e. The zero-order chi connectivity index (χ0) is 10.6. The van der Waals surface area contributed by atoms with Crippen LogP contribution in [0.3, 0.4) is 0 Å². The van der Waals surface area contributed by atoms with Crippen LogP contribution in [0.4, 0.5) is 8.78 Å². The minimum Gasteiger partial charge on any atom is -0.319 e. The molecule has 1 aromatic carbocycles. The predicted octanol–water partition coefficient (Wildman–Crippen LogP) is 2.45. The lowest BCUT2D eigenvalue weighted by molar-refractivity contribution is 0.535. The van der Waals surface area contributed by atoms with Crippen molar-refractivity contribution in [1.29, 1.82) is 0 Å². The van der Waals surface area contributed by atoms with E-state index in [1.54, 1.807) is 13.3 Å². The first kappa shape index (κ1) is 11.5. The summed E-state index contributed by atoms with van der Waals surface area (Å²) in [6, 6.07) is 2.79. The molecule has 78 valence electrons. The Morgan fingerprint density at radius 2 is 2.07 bits per heavy atom. The topological polar surface area (TPSA) is 12.0 Å². The molecule has 0 unspecified atom stereocenters. The fraction of sp³-hybridized carbons (Fsp3) is 0.400. The zero-order valence-electron chi connectivity index (χ0n) is 8.23. The Labute approximate surface area is 86.9 Å². The minimum atomic E-state index is -0.462. The van der Waals surface area contributed by atoms with Crippen molar-refractivity contribution in [2.75, 3.05) is 19.8 Å². The van der Waals surface area contributed by atoms with E-state index < -0.39 is 11.6 Å². The number of nitrogens with one attached hydrogen (secondary N) is 1. The number of rotatable bonds is 4. The summed E-state index contributed by atoms with van der Waals surface area (Å²) in [5.41, 5.74) is 0.172. The quantitative estimate of drug-likeness (QED) is 0.777. The Morgan fingerprint density at radius 1 is 1.36 bits per heavy atom. The van der Waals surface area contributed by atoms with Gasteiger partial charge in [-0.15, -0.1) is 11.8 Å². The second kappa shape index (κ2) is 5.32. The van der Waals surface area contributed by atoms with Crippen LogP contribution in [-0.2, 0) is 6.42 Å². The highest BCUT2D eigenvalue weighted by atomic mass is 32.2. The predicted molar refractivity (Wildman–Crippen MR) is 55.8 cm³/mol. The molecule has 0 aliphatic rings. The fourth-order valence-corrected chi connectivity index (χ4v) is 1.72. The highest BCUT2D eigenvalue weighted by Crippen LogP contribution is 2.24. The fourth-order valence-electron chi connectivity index (χ4n) is 1.21. The summed E-state index contributed by atoms with van der Waals surface area (Å²) in [6.45, 7) is 0.575. The molecule has 0 radical (unpaired) electrons. The molecule has 0 heterocycles. The highest BCUT2D eigenvalue weighted by Gasteiger charge is 2.12. The van der Waals surface area contributed by atoms with E-state index in [0.29, 0.717) is 17.9 Å². The molecule has 1 aromatic rings. The van der Waals surface area contributed by atoms with E-state index in [-0.39, 0.29) is 5.56 Å². The van der Waals surface area contributed by atoms with E-state index in [9.17, 15) is 8.78 Å². The number of halogens is 2. The van der Waals surface area contributed by atoms with E-state index in [1.807, 2.05) is 0 Å². The van der Waals surface area contributed by atoms with E-state index in [1.165, 1.54) is 23.9 Å². The first-order valence-electron chi connectivity index (χ1n) is 4.36. The average molecular weight is 217 g/mol.